The molecule has 0 aromatic heterocycles. The van der Waals surface area contributed by atoms with Gasteiger partial charge in [-0.3, -0.25) is 0 Å². The highest BCUT2D eigenvalue weighted by atomic mass is 79.9. The predicted molar refractivity (Wildman–Crippen MR) is 98.2 cm³/mol. The Morgan fingerprint density at radius 3 is 2.12 bits per heavy atom. The lowest BCUT2D eigenvalue weighted by atomic mass is 9.96. The van der Waals surface area contributed by atoms with Crippen LogP contribution >= 0.6 is 50.7 Å². The van der Waals surface area contributed by atoms with Gasteiger partial charge in [0.15, 0.2) is 0 Å². The first-order valence-corrected chi connectivity index (χ1v) is 8.78. The maximum Gasteiger partial charge on any atom is 0.399 e. The number of rotatable bonds is 3. The van der Waals surface area contributed by atoms with E-state index in [9.17, 15) is 17.6 Å². The normalized spacial score (nSPS) is 13.9. The van der Waals surface area contributed by atoms with Crippen molar-refractivity contribution in [1.82, 2.24) is 0 Å². The smallest absolute Gasteiger partial charge is 0.207 e. The topological polar surface area (TPSA) is 0 Å². The second kappa shape index (κ2) is 7.87. The van der Waals surface area contributed by atoms with E-state index in [-0.39, 0.29) is 26.2 Å². The zero-order chi connectivity index (χ0) is 18.9. The molecule has 0 aliphatic carbocycles. The summed E-state index contributed by atoms with van der Waals surface area (Å²) in [6.45, 7) is 1.78. The fourth-order valence-electron chi connectivity index (χ4n) is 2.12. The molecule has 25 heavy (non-hydrogen) atoms. The minimum absolute atomic E-state index is 0.0258. The molecule has 0 bridgehead atoms. The average Bonchev–Trinajstić information content (AvgIpc) is 2.51. The molecular weight excluding hydrogens is 466 g/mol. The zero-order valence-electron chi connectivity index (χ0n) is 12.6. The quantitative estimate of drug-likeness (QED) is 0.308. The van der Waals surface area contributed by atoms with Crippen LogP contribution in [0.4, 0.5) is 17.6 Å². The lowest BCUT2D eigenvalue weighted by Gasteiger charge is -2.19. The Morgan fingerprint density at radius 1 is 1.08 bits per heavy atom. The lowest BCUT2D eigenvalue weighted by Crippen LogP contribution is -2.19. The van der Waals surface area contributed by atoms with Crippen molar-refractivity contribution >= 4 is 56.6 Å². The van der Waals surface area contributed by atoms with E-state index in [0.29, 0.717) is 10.5 Å². The number of alkyl halides is 3. The van der Waals surface area contributed by atoms with Crippen LogP contribution in [-0.2, 0) is 0 Å². The highest BCUT2D eigenvalue weighted by Gasteiger charge is 2.40. The van der Waals surface area contributed by atoms with Gasteiger partial charge in [0.2, 0.25) is 0 Å². The lowest BCUT2D eigenvalue weighted by molar-refractivity contribution is -0.139. The molecule has 0 aliphatic heterocycles. The van der Waals surface area contributed by atoms with Crippen molar-refractivity contribution in [3.05, 3.63) is 72.6 Å². The second-order valence-electron chi connectivity index (χ2n) is 5.30. The molecule has 0 fully saturated rings. The summed E-state index contributed by atoms with van der Waals surface area (Å²) in [6.07, 6.45) is -4.24. The van der Waals surface area contributed by atoms with Crippen LogP contribution in [0.1, 0.15) is 22.6 Å². The number of benzene rings is 2. The Bertz CT molecular complexity index is 808. The van der Waals surface area contributed by atoms with Gasteiger partial charge >= 0.3 is 6.18 Å². The van der Waals surface area contributed by atoms with E-state index in [1.807, 2.05) is 0 Å². The van der Waals surface area contributed by atoms with Gasteiger partial charge < -0.3 is 0 Å². The predicted octanol–water partition coefficient (Wildman–Crippen LogP) is 8.37. The Labute approximate surface area is 165 Å². The van der Waals surface area contributed by atoms with Crippen LogP contribution < -0.4 is 0 Å². The van der Waals surface area contributed by atoms with E-state index >= 15 is 0 Å². The molecule has 0 aliphatic rings. The van der Waals surface area contributed by atoms with Crippen LogP contribution in [0.3, 0.4) is 0 Å². The largest absolute Gasteiger partial charge is 0.399 e. The highest BCUT2D eigenvalue weighted by Crippen LogP contribution is 2.42. The van der Waals surface area contributed by atoms with Gasteiger partial charge in [-0.05, 0) is 42.3 Å². The van der Waals surface area contributed by atoms with Crippen molar-refractivity contribution in [2.45, 2.75) is 19.0 Å². The van der Waals surface area contributed by atoms with Gasteiger partial charge in [-0.25, -0.2) is 4.39 Å². The van der Waals surface area contributed by atoms with E-state index in [1.54, 1.807) is 13.0 Å². The van der Waals surface area contributed by atoms with Crippen molar-refractivity contribution in [1.29, 1.82) is 0 Å². The van der Waals surface area contributed by atoms with E-state index in [0.717, 1.165) is 17.7 Å². The van der Waals surface area contributed by atoms with Gasteiger partial charge in [-0.1, -0.05) is 62.9 Å². The minimum Gasteiger partial charge on any atom is -0.207 e. The molecule has 8 heteroatoms. The summed E-state index contributed by atoms with van der Waals surface area (Å²) in [5.41, 5.74) is 0.561. The molecule has 2 aromatic carbocycles. The number of aryl methyl sites for hydroxylation is 1. The highest BCUT2D eigenvalue weighted by molar-refractivity contribution is 9.10. The maximum absolute atomic E-state index is 14.4. The molecule has 0 saturated heterocycles. The van der Waals surface area contributed by atoms with Crippen molar-refractivity contribution in [3.63, 3.8) is 0 Å². The summed E-state index contributed by atoms with van der Waals surface area (Å²) in [6, 6.07) is 6.48. The Kier molecular flexibility index (Phi) is 6.47. The fraction of sp³-hybridized carbons (Fsp3) is 0.176. The Balaban J connectivity index is 2.53. The molecule has 1 atom stereocenters. The first kappa shape index (κ1) is 20.6. The van der Waals surface area contributed by atoms with Crippen molar-refractivity contribution in [3.8, 4) is 0 Å². The molecule has 0 amide bonds. The van der Waals surface area contributed by atoms with Crippen molar-refractivity contribution in [2.24, 2.45) is 0 Å². The molecule has 0 nitrogen and oxygen atoms in total. The van der Waals surface area contributed by atoms with E-state index in [2.05, 4.69) is 15.9 Å². The van der Waals surface area contributed by atoms with E-state index in [1.165, 1.54) is 12.1 Å². The molecule has 2 rings (SSSR count). The van der Waals surface area contributed by atoms with Crippen LogP contribution in [0.15, 0.2) is 40.9 Å². The molecule has 0 radical (unpaired) electrons. The molecule has 2 aromatic rings. The third kappa shape index (κ3) is 4.91. The number of hydrogen-bond donors (Lipinski definition) is 0. The van der Waals surface area contributed by atoms with Gasteiger partial charge in [-0.2, -0.15) is 13.2 Å². The maximum atomic E-state index is 14.4. The average molecular weight is 477 g/mol. The zero-order valence-corrected chi connectivity index (χ0v) is 16.4. The number of allylic oxidation sites excluding steroid dienone is 1. The second-order valence-corrected chi connectivity index (χ2v) is 7.34. The minimum atomic E-state index is -4.74. The van der Waals surface area contributed by atoms with Crippen LogP contribution in [0, 0.1) is 6.92 Å². The van der Waals surface area contributed by atoms with Gasteiger partial charge in [0.25, 0.3) is 0 Å². The van der Waals surface area contributed by atoms with Gasteiger partial charge in [-0.15, -0.1) is 0 Å². The fourth-order valence-corrected chi connectivity index (χ4v) is 3.11. The summed E-state index contributed by atoms with van der Waals surface area (Å²) in [5.74, 6) is -3.23. The molecular formula is C17H10BrCl3F4. The Morgan fingerprint density at radius 2 is 1.64 bits per heavy atom. The van der Waals surface area contributed by atoms with Crippen LogP contribution in [0.5, 0.6) is 0 Å². The van der Waals surface area contributed by atoms with Crippen LogP contribution in [-0.4, -0.2) is 6.18 Å². The summed E-state index contributed by atoms with van der Waals surface area (Å²) < 4.78 is 55.4. The molecule has 134 valence electrons. The first-order chi connectivity index (χ1) is 11.5. The molecule has 0 saturated carbocycles. The summed E-state index contributed by atoms with van der Waals surface area (Å²) >= 11 is 20.6. The van der Waals surface area contributed by atoms with E-state index < -0.39 is 17.9 Å². The monoisotopic (exact) mass is 474 g/mol. The van der Waals surface area contributed by atoms with Crippen LogP contribution in [0.2, 0.25) is 15.1 Å². The molecule has 1 unspecified atom stereocenters. The number of hydrogen-bond acceptors (Lipinski definition) is 0. The third-order valence-electron chi connectivity index (χ3n) is 3.48. The van der Waals surface area contributed by atoms with Crippen molar-refractivity contribution < 1.29 is 17.6 Å². The van der Waals surface area contributed by atoms with Gasteiger partial charge in [0.1, 0.15) is 11.7 Å². The molecule has 0 N–H and O–H groups in total. The Hall–Kier alpha value is -0.750. The molecule has 0 spiro atoms. The molecule has 0 heterocycles. The van der Waals surface area contributed by atoms with Gasteiger partial charge in [0.05, 0.1) is 15.1 Å². The first-order valence-electron chi connectivity index (χ1n) is 6.85. The summed E-state index contributed by atoms with van der Waals surface area (Å²) in [7, 11) is 0. The van der Waals surface area contributed by atoms with Crippen molar-refractivity contribution in [2.75, 3.05) is 0 Å². The van der Waals surface area contributed by atoms with Gasteiger partial charge in [0, 0.05) is 10.0 Å². The SMILES string of the molecule is Cc1ccc(/C(F)=C/C(c2cc(Cl)c(Cl)c(Cl)c2)C(F)(F)F)cc1Br. The summed E-state index contributed by atoms with van der Waals surface area (Å²) in [4.78, 5) is 0. The standard InChI is InChI=1S/C17H10BrCl3F4/c1-8-2-3-9(4-12(8)18)15(22)7-11(17(23,24)25)10-5-13(19)16(21)14(20)6-10/h2-7,11H,1H3/b15-7-. The number of halogens is 8. The third-order valence-corrected chi connectivity index (χ3v) is 5.53. The van der Waals surface area contributed by atoms with Crippen LogP contribution in [0.25, 0.3) is 5.83 Å². The summed E-state index contributed by atoms with van der Waals surface area (Å²) in [5, 5.41) is -0.324. The van der Waals surface area contributed by atoms with E-state index in [4.69, 9.17) is 34.8 Å².